The van der Waals surface area contributed by atoms with Crippen molar-refractivity contribution >= 4 is 33.4 Å². The van der Waals surface area contributed by atoms with E-state index in [0.29, 0.717) is 10.0 Å². The van der Waals surface area contributed by atoms with Crippen LogP contribution in [-0.2, 0) is 11.3 Å². The highest BCUT2D eigenvalue weighted by atomic mass is 79.9. The van der Waals surface area contributed by atoms with Crippen LogP contribution in [0.3, 0.4) is 0 Å². The molecule has 5 N–H and O–H groups in total. The zero-order valence-corrected chi connectivity index (χ0v) is 14.2. The van der Waals surface area contributed by atoms with E-state index in [9.17, 15) is 14.0 Å². The van der Waals surface area contributed by atoms with Gasteiger partial charge in [-0.2, -0.15) is 0 Å². The molecule has 126 valence electrons. The summed E-state index contributed by atoms with van der Waals surface area (Å²) < 4.78 is 13.6. The van der Waals surface area contributed by atoms with E-state index in [1.165, 1.54) is 18.2 Å². The molecule has 2 aromatic rings. The van der Waals surface area contributed by atoms with Gasteiger partial charge in [-0.25, -0.2) is 10.2 Å². The Morgan fingerprint density at radius 1 is 1.21 bits per heavy atom. The number of carbonyl (C=O) groups excluding carboxylic acids is 2. The molecule has 2 aromatic carbocycles. The number of nitrogens with zero attached hydrogens (tertiary/aromatic N) is 1. The number of halogens is 2. The Bertz CT molecular complexity index is 769. The zero-order chi connectivity index (χ0) is 17.7. The summed E-state index contributed by atoms with van der Waals surface area (Å²) in [5, 5.41) is 3.41. The van der Waals surface area contributed by atoms with E-state index in [1.807, 2.05) is 0 Å². The minimum atomic E-state index is -0.550. The van der Waals surface area contributed by atoms with Crippen LogP contribution in [0.2, 0.25) is 0 Å². The van der Waals surface area contributed by atoms with Gasteiger partial charge in [0, 0.05) is 16.7 Å². The van der Waals surface area contributed by atoms with Gasteiger partial charge in [0.05, 0.1) is 5.56 Å². The minimum absolute atomic E-state index is 0.176. The average molecular weight is 395 g/mol. The molecular weight excluding hydrogens is 379 g/mol. The van der Waals surface area contributed by atoms with Gasteiger partial charge in [-0.05, 0) is 29.8 Å². The van der Waals surface area contributed by atoms with Gasteiger partial charge in [-0.15, -0.1) is 0 Å². The van der Waals surface area contributed by atoms with Crippen LogP contribution in [0.1, 0.15) is 15.9 Å². The molecule has 0 unspecified atom stereocenters. The highest BCUT2D eigenvalue weighted by Gasteiger charge is 2.17. The summed E-state index contributed by atoms with van der Waals surface area (Å²) in [5.74, 6) is 4.27. The molecule has 24 heavy (non-hydrogen) atoms. The fourth-order valence-corrected chi connectivity index (χ4v) is 2.48. The van der Waals surface area contributed by atoms with Gasteiger partial charge in [0.1, 0.15) is 12.4 Å². The van der Waals surface area contributed by atoms with Crippen molar-refractivity contribution in [3.63, 3.8) is 0 Å². The monoisotopic (exact) mass is 394 g/mol. The number of rotatable bonds is 5. The highest BCUT2D eigenvalue weighted by Crippen LogP contribution is 2.17. The second-order valence-corrected chi connectivity index (χ2v) is 5.89. The largest absolute Gasteiger partial charge is 0.398 e. The second-order valence-electron chi connectivity index (χ2n) is 5.03. The summed E-state index contributed by atoms with van der Waals surface area (Å²) in [6.45, 7) is -0.152. The Hall–Kier alpha value is -2.45. The van der Waals surface area contributed by atoms with Crippen molar-refractivity contribution in [2.75, 3.05) is 12.3 Å². The highest BCUT2D eigenvalue weighted by molar-refractivity contribution is 9.10. The zero-order valence-electron chi connectivity index (χ0n) is 12.6. The van der Waals surface area contributed by atoms with E-state index in [-0.39, 0.29) is 30.2 Å². The lowest BCUT2D eigenvalue weighted by Crippen LogP contribution is -2.45. The number of amides is 2. The first kappa shape index (κ1) is 17.9. The van der Waals surface area contributed by atoms with Crippen molar-refractivity contribution in [3.8, 4) is 0 Å². The topological polar surface area (TPSA) is 101 Å². The molecule has 0 heterocycles. The van der Waals surface area contributed by atoms with Crippen LogP contribution >= 0.6 is 15.9 Å². The van der Waals surface area contributed by atoms with Crippen molar-refractivity contribution in [2.24, 2.45) is 5.84 Å². The van der Waals surface area contributed by atoms with E-state index in [4.69, 9.17) is 11.6 Å². The van der Waals surface area contributed by atoms with Gasteiger partial charge in [-0.1, -0.05) is 34.1 Å². The van der Waals surface area contributed by atoms with Crippen molar-refractivity contribution in [1.29, 1.82) is 0 Å². The maximum absolute atomic E-state index is 13.0. The average Bonchev–Trinajstić information content (AvgIpc) is 2.53. The van der Waals surface area contributed by atoms with Crippen LogP contribution in [0.25, 0.3) is 0 Å². The van der Waals surface area contributed by atoms with Crippen LogP contribution in [0.4, 0.5) is 10.1 Å². The Morgan fingerprint density at radius 3 is 2.58 bits per heavy atom. The molecule has 0 radical (unpaired) electrons. The summed E-state index contributed by atoms with van der Waals surface area (Å²) in [6, 6.07) is 10.6. The molecule has 0 aliphatic carbocycles. The minimum Gasteiger partial charge on any atom is -0.398 e. The molecule has 0 bridgehead atoms. The van der Waals surface area contributed by atoms with E-state index in [2.05, 4.69) is 21.2 Å². The number of para-hydroxylation sites is 1. The summed E-state index contributed by atoms with van der Waals surface area (Å²) in [7, 11) is 0. The van der Waals surface area contributed by atoms with Crippen molar-refractivity contribution in [1.82, 2.24) is 10.3 Å². The van der Waals surface area contributed by atoms with Gasteiger partial charge < -0.3 is 11.1 Å². The maximum atomic E-state index is 13.0. The molecule has 0 spiro atoms. The van der Waals surface area contributed by atoms with Gasteiger partial charge in [0.15, 0.2) is 0 Å². The lowest BCUT2D eigenvalue weighted by molar-refractivity contribution is -0.122. The third kappa shape index (κ3) is 4.53. The van der Waals surface area contributed by atoms with Crippen LogP contribution in [-0.4, -0.2) is 23.4 Å². The van der Waals surface area contributed by atoms with Gasteiger partial charge in [0.25, 0.3) is 5.91 Å². The van der Waals surface area contributed by atoms with Crippen LogP contribution in [0, 0.1) is 5.82 Å². The van der Waals surface area contributed by atoms with E-state index in [1.54, 1.807) is 24.3 Å². The molecule has 0 fully saturated rings. The molecule has 2 amide bonds. The molecular formula is C16H16BrFN4O2. The molecule has 0 aromatic heterocycles. The van der Waals surface area contributed by atoms with Crippen LogP contribution in [0.5, 0.6) is 0 Å². The van der Waals surface area contributed by atoms with E-state index in [0.717, 1.165) is 5.01 Å². The number of hydrogen-bond donors (Lipinski definition) is 3. The molecule has 0 aliphatic rings. The number of anilines is 1. The first-order valence-corrected chi connectivity index (χ1v) is 7.79. The second kappa shape index (κ2) is 7.89. The fourth-order valence-electron chi connectivity index (χ4n) is 1.99. The Kier molecular flexibility index (Phi) is 5.88. The molecule has 0 saturated carbocycles. The van der Waals surface area contributed by atoms with Crippen molar-refractivity contribution in [2.45, 2.75) is 6.54 Å². The molecule has 0 saturated heterocycles. The molecule has 0 aliphatic heterocycles. The molecule has 6 nitrogen and oxygen atoms in total. The summed E-state index contributed by atoms with van der Waals surface area (Å²) in [4.78, 5) is 24.1. The third-order valence-corrected chi connectivity index (χ3v) is 4.00. The molecule has 0 atom stereocenters. The molecule has 2 rings (SSSR count). The standard InChI is InChI=1S/C16H16BrFN4O2/c17-13-7-11(18)6-5-10(13)8-21-15(23)9-22(20)16(24)12-3-1-2-4-14(12)19/h1-7H,8-9,19-20H2,(H,21,23). The lowest BCUT2D eigenvalue weighted by Gasteiger charge is -2.17. The van der Waals surface area contributed by atoms with Crippen molar-refractivity contribution in [3.05, 3.63) is 63.9 Å². The third-order valence-electron chi connectivity index (χ3n) is 3.26. The van der Waals surface area contributed by atoms with Crippen LogP contribution < -0.4 is 16.9 Å². The number of nitrogens with two attached hydrogens (primary N) is 2. The summed E-state index contributed by atoms with van der Waals surface area (Å²) >= 11 is 3.22. The van der Waals surface area contributed by atoms with Gasteiger partial charge >= 0.3 is 0 Å². The fraction of sp³-hybridized carbons (Fsp3) is 0.125. The predicted octanol–water partition coefficient (Wildman–Crippen LogP) is 1.80. The normalized spacial score (nSPS) is 10.3. The Balaban J connectivity index is 1.92. The molecule has 8 heteroatoms. The van der Waals surface area contributed by atoms with Gasteiger partial charge in [-0.3, -0.25) is 14.6 Å². The van der Waals surface area contributed by atoms with E-state index < -0.39 is 11.8 Å². The van der Waals surface area contributed by atoms with E-state index >= 15 is 0 Å². The van der Waals surface area contributed by atoms with Gasteiger partial charge in [0.2, 0.25) is 5.91 Å². The Morgan fingerprint density at radius 2 is 1.92 bits per heavy atom. The number of hydrazine groups is 1. The Labute approximate surface area is 146 Å². The summed E-state index contributed by atoms with van der Waals surface area (Å²) in [5.41, 5.74) is 6.93. The smallest absolute Gasteiger partial charge is 0.270 e. The number of nitrogens with one attached hydrogen (secondary N) is 1. The number of nitrogen functional groups attached to an aromatic ring is 1. The predicted molar refractivity (Wildman–Crippen MR) is 92.0 cm³/mol. The number of hydrogen-bond acceptors (Lipinski definition) is 4. The lowest BCUT2D eigenvalue weighted by atomic mass is 10.1. The van der Waals surface area contributed by atoms with Crippen LogP contribution in [0.15, 0.2) is 46.9 Å². The summed E-state index contributed by atoms with van der Waals surface area (Å²) in [6.07, 6.45) is 0. The first-order chi connectivity index (χ1) is 11.4. The number of carbonyl (C=O) groups is 2. The quantitative estimate of drug-likeness (QED) is 0.311. The maximum Gasteiger partial charge on any atom is 0.270 e. The number of benzene rings is 2. The first-order valence-electron chi connectivity index (χ1n) is 7.00. The SMILES string of the molecule is Nc1ccccc1C(=O)N(N)CC(=O)NCc1ccc(F)cc1Br. The van der Waals surface area contributed by atoms with Crippen molar-refractivity contribution < 1.29 is 14.0 Å².